The SMILES string of the molecule is CCc1nc(CN2CCSC(CC)C2)no1. The molecule has 1 aromatic heterocycles. The Morgan fingerprint density at radius 1 is 1.50 bits per heavy atom. The minimum atomic E-state index is 0.744. The first kappa shape index (κ1) is 11.9. The smallest absolute Gasteiger partial charge is 0.226 e. The molecule has 0 radical (unpaired) electrons. The fourth-order valence-electron chi connectivity index (χ4n) is 1.87. The third-order valence-electron chi connectivity index (χ3n) is 2.86. The molecule has 0 saturated carbocycles. The van der Waals surface area contributed by atoms with Crippen molar-refractivity contribution in [1.29, 1.82) is 0 Å². The van der Waals surface area contributed by atoms with Crippen LogP contribution in [0.2, 0.25) is 0 Å². The molecule has 0 bridgehead atoms. The molecule has 2 rings (SSSR count). The molecule has 5 heteroatoms. The lowest BCUT2D eigenvalue weighted by Gasteiger charge is -2.30. The number of aromatic nitrogens is 2. The Labute approximate surface area is 101 Å². The van der Waals surface area contributed by atoms with Gasteiger partial charge >= 0.3 is 0 Å². The molecule has 16 heavy (non-hydrogen) atoms. The van der Waals surface area contributed by atoms with Gasteiger partial charge in [-0.05, 0) is 6.42 Å². The molecule has 0 spiro atoms. The van der Waals surface area contributed by atoms with Crippen molar-refractivity contribution in [2.24, 2.45) is 0 Å². The van der Waals surface area contributed by atoms with E-state index in [0.29, 0.717) is 0 Å². The van der Waals surface area contributed by atoms with E-state index >= 15 is 0 Å². The monoisotopic (exact) mass is 241 g/mol. The van der Waals surface area contributed by atoms with Gasteiger partial charge in [0.1, 0.15) is 0 Å². The van der Waals surface area contributed by atoms with Crippen LogP contribution < -0.4 is 0 Å². The molecule has 1 aliphatic rings. The lowest BCUT2D eigenvalue weighted by Crippen LogP contribution is -2.37. The molecular formula is C11H19N3OS. The summed E-state index contributed by atoms with van der Waals surface area (Å²) in [7, 11) is 0. The second-order valence-corrected chi connectivity index (χ2v) is 5.50. The van der Waals surface area contributed by atoms with Crippen LogP contribution >= 0.6 is 11.8 Å². The second-order valence-electron chi connectivity index (χ2n) is 4.09. The topological polar surface area (TPSA) is 42.2 Å². The summed E-state index contributed by atoms with van der Waals surface area (Å²) < 4.78 is 5.12. The van der Waals surface area contributed by atoms with Gasteiger partial charge in [0.15, 0.2) is 5.82 Å². The van der Waals surface area contributed by atoms with Crippen LogP contribution in [0.5, 0.6) is 0 Å². The van der Waals surface area contributed by atoms with E-state index in [1.54, 1.807) is 0 Å². The first-order chi connectivity index (χ1) is 7.81. The van der Waals surface area contributed by atoms with E-state index in [2.05, 4.69) is 33.7 Å². The van der Waals surface area contributed by atoms with Crippen LogP contribution in [-0.4, -0.2) is 39.1 Å². The van der Waals surface area contributed by atoms with Gasteiger partial charge < -0.3 is 4.52 Å². The van der Waals surface area contributed by atoms with E-state index in [9.17, 15) is 0 Å². The molecule has 1 unspecified atom stereocenters. The Hall–Kier alpha value is -0.550. The highest BCUT2D eigenvalue weighted by Crippen LogP contribution is 2.21. The summed E-state index contributed by atoms with van der Waals surface area (Å²) in [5.74, 6) is 2.80. The van der Waals surface area contributed by atoms with Gasteiger partial charge in [-0.3, -0.25) is 4.90 Å². The van der Waals surface area contributed by atoms with Gasteiger partial charge in [-0.1, -0.05) is 19.0 Å². The Bertz CT molecular complexity index is 329. The van der Waals surface area contributed by atoms with Crippen molar-refractivity contribution in [3.63, 3.8) is 0 Å². The van der Waals surface area contributed by atoms with E-state index in [1.165, 1.54) is 12.2 Å². The zero-order chi connectivity index (χ0) is 11.4. The van der Waals surface area contributed by atoms with Gasteiger partial charge in [-0.25, -0.2) is 0 Å². The van der Waals surface area contributed by atoms with Crippen molar-refractivity contribution in [1.82, 2.24) is 15.0 Å². The predicted molar refractivity (Wildman–Crippen MR) is 65.5 cm³/mol. The van der Waals surface area contributed by atoms with Crippen molar-refractivity contribution in [2.45, 2.75) is 38.5 Å². The Kier molecular flexibility index (Phi) is 4.23. The number of nitrogens with zero attached hydrogens (tertiary/aromatic N) is 3. The van der Waals surface area contributed by atoms with E-state index in [1.807, 2.05) is 6.92 Å². The third kappa shape index (κ3) is 2.98. The van der Waals surface area contributed by atoms with Crippen LogP contribution in [0, 0.1) is 0 Å². The van der Waals surface area contributed by atoms with Crippen LogP contribution in [0.3, 0.4) is 0 Å². The van der Waals surface area contributed by atoms with Gasteiger partial charge in [0.05, 0.1) is 6.54 Å². The molecule has 1 aliphatic heterocycles. The molecule has 0 aromatic carbocycles. The number of aryl methyl sites for hydroxylation is 1. The molecule has 1 saturated heterocycles. The van der Waals surface area contributed by atoms with Crippen molar-refractivity contribution in [2.75, 3.05) is 18.8 Å². The van der Waals surface area contributed by atoms with Crippen molar-refractivity contribution in [3.8, 4) is 0 Å². The van der Waals surface area contributed by atoms with E-state index in [0.717, 1.165) is 43.0 Å². The molecule has 1 atom stereocenters. The fourth-order valence-corrected chi connectivity index (χ4v) is 3.12. The minimum Gasteiger partial charge on any atom is -0.339 e. The highest BCUT2D eigenvalue weighted by molar-refractivity contribution is 8.00. The largest absolute Gasteiger partial charge is 0.339 e. The number of hydrogen-bond donors (Lipinski definition) is 0. The van der Waals surface area contributed by atoms with E-state index in [4.69, 9.17) is 4.52 Å². The third-order valence-corrected chi connectivity index (χ3v) is 4.23. The Morgan fingerprint density at radius 3 is 3.06 bits per heavy atom. The van der Waals surface area contributed by atoms with Gasteiger partial charge in [-0.15, -0.1) is 0 Å². The molecular weight excluding hydrogens is 222 g/mol. The lowest BCUT2D eigenvalue weighted by molar-refractivity contribution is 0.261. The number of hydrogen-bond acceptors (Lipinski definition) is 5. The van der Waals surface area contributed by atoms with Crippen LogP contribution in [0.4, 0.5) is 0 Å². The molecule has 2 heterocycles. The summed E-state index contributed by atoms with van der Waals surface area (Å²) in [6, 6.07) is 0. The minimum absolute atomic E-state index is 0.744. The molecule has 1 aromatic rings. The molecule has 0 amide bonds. The van der Waals surface area contributed by atoms with E-state index in [-0.39, 0.29) is 0 Å². The zero-order valence-electron chi connectivity index (χ0n) is 9.98. The predicted octanol–water partition coefficient (Wildman–Crippen LogP) is 1.96. The van der Waals surface area contributed by atoms with Crippen molar-refractivity contribution in [3.05, 3.63) is 11.7 Å². The van der Waals surface area contributed by atoms with Gasteiger partial charge in [0, 0.05) is 30.5 Å². The average molecular weight is 241 g/mol. The van der Waals surface area contributed by atoms with Crippen LogP contribution in [0.15, 0.2) is 4.52 Å². The molecule has 0 aliphatic carbocycles. The summed E-state index contributed by atoms with van der Waals surface area (Å²) in [4.78, 5) is 6.77. The Morgan fingerprint density at radius 2 is 2.38 bits per heavy atom. The van der Waals surface area contributed by atoms with Crippen LogP contribution in [0.1, 0.15) is 32.0 Å². The number of rotatable bonds is 4. The van der Waals surface area contributed by atoms with Crippen LogP contribution in [-0.2, 0) is 13.0 Å². The van der Waals surface area contributed by atoms with Crippen molar-refractivity contribution >= 4 is 11.8 Å². The second kappa shape index (κ2) is 5.68. The summed E-state index contributed by atoms with van der Waals surface area (Å²) in [6.45, 7) is 7.40. The maximum absolute atomic E-state index is 5.12. The quantitative estimate of drug-likeness (QED) is 0.806. The highest BCUT2D eigenvalue weighted by atomic mass is 32.2. The first-order valence-electron chi connectivity index (χ1n) is 5.97. The summed E-state index contributed by atoms with van der Waals surface area (Å²) in [5, 5.41) is 4.77. The normalized spacial score (nSPS) is 22.5. The van der Waals surface area contributed by atoms with Gasteiger partial charge in [-0.2, -0.15) is 16.7 Å². The van der Waals surface area contributed by atoms with Gasteiger partial charge in [0.2, 0.25) is 5.89 Å². The Balaban J connectivity index is 1.88. The summed E-state index contributed by atoms with van der Waals surface area (Å²) in [5.41, 5.74) is 0. The average Bonchev–Trinajstić information content (AvgIpc) is 2.77. The van der Waals surface area contributed by atoms with Crippen LogP contribution in [0.25, 0.3) is 0 Å². The maximum atomic E-state index is 5.12. The first-order valence-corrected chi connectivity index (χ1v) is 7.02. The summed E-state index contributed by atoms with van der Waals surface area (Å²) >= 11 is 2.08. The molecule has 1 fully saturated rings. The number of thioether (sulfide) groups is 1. The molecule has 0 N–H and O–H groups in total. The van der Waals surface area contributed by atoms with Gasteiger partial charge in [0.25, 0.3) is 0 Å². The maximum Gasteiger partial charge on any atom is 0.226 e. The highest BCUT2D eigenvalue weighted by Gasteiger charge is 2.20. The molecule has 90 valence electrons. The van der Waals surface area contributed by atoms with Crippen molar-refractivity contribution < 1.29 is 4.52 Å². The summed E-state index contributed by atoms with van der Waals surface area (Å²) in [6.07, 6.45) is 2.06. The van der Waals surface area contributed by atoms with E-state index < -0.39 is 0 Å². The molecule has 4 nitrogen and oxygen atoms in total. The zero-order valence-corrected chi connectivity index (χ0v) is 10.8. The lowest BCUT2D eigenvalue weighted by atomic mass is 10.3. The standard InChI is InChI=1S/C11H19N3OS/c1-3-9-7-14(5-6-16-9)8-10-12-11(4-2)15-13-10/h9H,3-8H2,1-2H3. The fraction of sp³-hybridized carbons (Fsp3) is 0.818.